The molecule has 1 fully saturated rings. The van der Waals surface area contributed by atoms with Gasteiger partial charge in [0.1, 0.15) is 0 Å². The molecule has 0 N–H and O–H groups in total. The van der Waals surface area contributed by atoms with Gasteiger partial charge in [-0.05, 0) is 29.6 Å². The Morgan fingerprint density at radius 3 is 2.25 bits per heavy atom. The van der Waals surface area contributed by atoms with Gasteiger partial charge in [0.25, 0.3) is 0 Å². The monoisotopic (exact) mass is 168 g/mol. The van der Waals surface area contributed by atoms with Gasteiger partial charge in [-0.15, -0.1) is 0 Å². The van der Waals surface area contributed by atoms with Gasteiger partial charge in [-0.25, -0.2) is 0 Å². The third kappa shape index (κ3) is 1.67. The minimum Gasteiger partial charge on any atom is -0.0649 e. The molecule has 0 saturated heterocycles. The van der Waals surface area contributed by atoms with Crippen LogP contribution in [0.1, 0.15) is 60.3 Å². The Kier molecular flexibility index (Phi) is 2.56. The number of hydrogen-bond donors (Lipinski definition) is 0. The molecule has 0 aromatic carbocycles. The molecule has 0 amide bonds. The Hall–Kier alpha value is 0. The summed E-state index contributed by atoms with van der Waals surface area (Å²) in [5, 5.41) is 0. The van der Waals surface area contributed by atoms with E-state index in [-0.39, 0.29) is 0 Å². The zero-order valence-corrected chi connectivity index (χ0v) is 9.41. The minimum absolute atomic E-state index is 0.515. The van der Waals surface area contributed by atoms with Crippen molar-refractivity contribution >= 4 is 0 Å². The van der Waals surface area contributed by atoms with Crippen LogP contribution < -0.4 is 0 Å². The minimum atomic E-state index is 0.515. The van der Waals surface area contributed by atoms with Crippen LogP contribution >= 0.6 is 0 Å². The molecule has 2 atom stereocenters. The molecule has 0 bridgehead atoms. The summed E-state index contributed by atoms with van der Waals surface area (Å²) in [5.74, 6) is 0.940. The summed E-state index contributed by atoms with van der Waals surface area (Å²) < 4.78 is 0. The molecule has 0 heterocycles. The molecule has 12 heavy (non-hydrogen) atoms. The zero-order valence-electron chi connectivity index (χ0n) is 9.41. The Balaban J connectivity index is 2.77. The molecular weight excluding hydrogens is 144 g/mol. The van der Waals surface area contributed by atoms with Crippen molar-refractivity contribution in [3.05, 3.63) is 0 Å². The van der Waals surface area contributed by atoms with E-state index >= 15 is 0 Å². The second-order valence-electron chi connectivity index (χ2n) is 5.82. The van der Waals surface area contributed by atoms with Gasteiger partial charge in [-0.3, -0.25) is 0 Å². The molecule has 2 unspecified atom stereocenters. The highest BCUT2D eigenvalue weighted by atomic mass is 14.5. The van der Waals surface area contributed by atoms with E-state index < -0.39 is 0 Å². The first-order valence-electron chi connectivity index (χ1n) is 5.40. The predicted molar refractivity (Wildman–Crippen MR) is 55.2 cm³/mol. The van der Waals surface area contributed by atoms with Crippen LogP contribution in [-0.4, -0.2) is 0 Å². The van der Waals surface area contributed by atoms with Crippen molar-refractivity contribution in [3.8, 4) is 0 Å². The summed E-state index contributed by atoms with van der Waals surface area (Å²) in [4.78, 5) is 0. The molecule has 0 radical (unpaired) electrons. The molecule has 0 aromatic rings. The third-order valence-corrected chi connectivity index (χ3v) is 3.94. The molecule has 1 saturated carbocycles. The lowest BCUT2D eigenvalue weighted by Crippen LogP contribution is -2.31. The van der Waals surface area contributed by atoms with Crippen molar-refractivity contribution in [2.45, 2.75) is 60.3 Å². The van der Waals surface area contributed by atoms with Crippen LogP contribution in [0.25, 0.3) is 0 Å². The molecule has 1 aliphatic rings. The molecular formula is C12H24. The van der Waals surface area contributed by atoms with Gasteiger partial charge in [-0.1, -0.05) is 47.5 Å². The Morgan fingerprint density at radius 1 is 1.33 bits per heavy atom. The third-order valence-electron chi connectivity index (χ3n) is 3.94. The second-order valence-corrected chi connectivity index (χ2v) is 5.82. The van der Waals surface area contributed by atoms with Crippen molar-refractivity contribution in [1.29, 1.82) is 0 Å². The van der Waals surface area contributed by atoms with Gasteiger partial charge in [0.2, 0.25) is 0 Å². The fraction of sp³-hybridized carbons (Fsp3) is 1.00. The maximum atomic E-state index is 2.48. The van der Waals surface area contributed by atoms with Crippen molar-refractivity contribution in [2.75, 3.05) is 0 Å². The van der Waals surface area contributed by atoms with E-state index in [1.54, 1.807) is 0 Å². The smallest absolute Gasteiger partial charge is 0.0295 e. The van der Waals surface area contributed by atoms with Gasteiger partial charge in [0, 0.05) is 0 Å². The standard InChI is InChI=1S/C12H24/c1-6-12(5)9-7-8-10(12)11(2,3)4/h10H,6-9H2,1-5H3. The molecule has 0 aromatic heterocycles. The summed E-state index contributed by atoms with van der Waals surface area (Å²) in [6.07, 6.45) is 5.71. The van der Waals surface area contributed by atoms with Crippen molar-refractivity contribution in [2.24, 2.45) is 16.7 Å². The Bertz CT molecular complexity index is 152. The summed E-state index contributed by atoms with van der Waals surface area (Å²) >= 11 is 0. The summed E-state index contributed by atoms with van der Waals surface area (Å²) in [6, 6.07) is 0. The Morgan fingerprint density at radius 2 is 1.92 bits per heavy atom. The lowest BCUT2D eigenvalue weighted by Gasteiger charge is -2.39. The lowest BCUT2D eigenvalue weighted by atomic mass is 9.66. The van der Waals surface area contributed by atoms with Crippen molar-refractivity contribution in [1.82, 2.24) is 0 Å². The normalized spacial score (nSPS) is 37.2. The fourth-order valence-corrected chi connectivity index (χ4v) is 3.13. The van der Waals surface area contributed by atoms with E-state index in [1.807, 2.05) is 0 Å². The van der Waals surface area contributed by atoms with Gasteiger partial charge in [0.05, 0.1) is 0 Å². The number of rotatable bonds is 1. The average molecular weight is 168 g/mol. The molecule has 72 valence electrons. The molecule has 0 spiro atoms. The summed E-state index contributed by atoms with van der Waals surface area (Å²) in [5.41, 5.74) is 1.15. The van der Waals surface area contributed by atoms with E-state index in [0.29, 0.717) is 10.8 Å². The van der Waals surface area contributed by atoms with Crippen LogP contribution in [0.5, 0.6) is 0 Å². The molecule has 0 heteroatoms. The highest BCUT2D eigenvalue weighted by molar-refractivity contribution is 4.93. The van der Waals surface area contributed by atoms with Crippen LogP contribution in [0, 0.1) is 16.7 Å². The SMILES string of the molecule is CCC1(C)CCCC1C(C)(C)C. The van der Waals surface area contributed by atoms with Gasteiger partial charge in [0.15, 0.2) is 0 Å². The first-order chi connectivity index (χ1) is 5.40. The second kappa shape index (κ2) is 3.05. The van der Waals surface area contributed by atoms with Crippen LogP contribution in [0.2, 0.25) is 0 Å². The molecule has 0 nitrogen and oxygen atoms in total. The van der Waals surface area contributed by atoms with Crippen molar-refractivity contribution < 1.29 is 0 Å². The highest BCUT2D eigenvalue weighted by Crippen LogP contribution is 2.53. The van der Waals surface area contributed by atoms with Gasteiger partial charge < -0.3 is 0 Å². The van der Waals surface area contributed by atoms with Crippen LogP contribution in [-0.2, 0) is 0 Å². The predicted octanol–water partition coefficient (Wildman–Crippen LogP) is 4.25. The van der Waals surface area contributed by atoms with Gasteiger partial charge >= 0.3 is 0 Å². The largest absolute Gasteiger partial charge is 0.0649 e. The lowest BCUT2D eigenvalue weighted by molar-refractivity contribution is 0.0997. The highest BCUT2D eigenvalue weighted by Gasteiger charge is 2.43. The van der Waals surface area contributed by atoms with E-state index in [1.165, 1.54) is 25.7 Å². The number of hydrogen-bond acceptors (Lipinski definition) is 0. The average Bonchev–Trinajstić information content (AvgIpc) is 2.31. The molecule has 0 aliphatic heterocycles. The first kappa shape index (κ1) is 10.1. The van der Waals surface area contributed by atoms with E-state index in [4.69, 9.17) is 0 Å². The summed E-state index contributed by atoms with van der Waals surface area (Å²) in [6.45, 7) is 12.0. The van der Waals surface area contributed by atoms with Crippen molar-refractivity contribution in [3.63, 3.8) is 0 Å². The quantitative estimate of drug-likeness (QED) is 0.549. The maximum absolute atomic E-state index is 2.48. The van der Waals surface area contributed by atoms with E-state index in [9.17, 15) is 0 Å². The summed E-state index contributed by atoms with van der Waals surface area (Å²) in [7, 11) is 0. The van der Waals surface area contributed by atoms with Crippen LogP contribution in [0.3, 0.4) is 0 Å². The van der Waals surface area contributed by atoms with Crippen LogP contribution in [0.15, 0.2) is 0 Å². The van der Waals surface area contributed by atoms with E-state index in [0.717, 1.165) is 5.92 Å². The van der Waals surface area contributed by atoms with Crippen LogP contribution in [0.4, 0.5) is 0 Å². The maximum Gasteiger partial charge on any atom is -0.0295 e. The fourth-order valence-electron chi connectivity index (χ4n) is 3.13. The molecule has 1 rings (SSSR count). The Labute approximate surface area is 77.7 Å². The van der Waals surface area contributed by atoms with Gasteiger partial charge in [-0.2, -0.15) is 0 Å². The first-order valence-corrected chi connectivity index (χ1v) is 5.40. The van der Waals surface area contributed by atoms with E-state index in [2.05, 4.69) is 34.6 Å². The molecule has 1 aliphatic carbocycles. The zero-order chi connectivity index (χ0) is 9.41. The topological polar surface area (TPSA) is 0 Å².